The third kappa shape index (κ3) is 8.92. The topological polar surface area (TPSA) is 3.01 Å². The van der Waals surface area contributed by atoms with Gasteiger partial charge in [-0.05, 0) is 13.0 Å². The van der Waals surface area contributed by atoms with Gasteiger partial charge in [-0.3, -0.25) is 0 Å². The molecule has 0 N–H and O–H groups in total. The Balaban J connectivity index is 1.62. The van der Waals surface area contributed by atoms with E-state index in [1.165, 1.54) is 83.8 Å². The van der Waals surface area contributed by atoms with E-state index in [0.29, 0.717) is 0 Å². The Morgan fingerprint density at radius 1 is 0.667 bits per heavy atom. The van der Waals surface area contributed by atoms with Crippen molar-refractivity contribution in [2.75, 3.05) is 19.6 Å². The molecule has 1 fully saturated rings. The van der Waals surface area contributed by atoms with Gasteiger partial charge in [0.2, 0.25) is 0 Å². The summed E-state index contributed by atoms with van der Waals surface area (Å²) in [4.78, 5) is 2.53. The molecule has 1 heterocycles. The van der Waals surface area contributed by atoms with Crippen LogP contribution in [0.4, 0.5) is 0 Å². The van der Waals surface area contributed by atoms with E-state index in [0.717, 1.165) is 0 Å². The maximum absolute atomic E-state index is 2.53. The van der Waals surface area contributed by atoms with Crippen molar-refractivity contribution in [3.8, 4) is 0 Å². The van der Waals surface area contributed by atoms with Gasteiger partial charge in [-0.25, -0.2) is 0 Å². The van der Waals surface area contributed by atoms with Crippen molar-refractivity contribution in [1.29, 1.82) is 0 Å². The smallest absolute Gasteiger partial charge is 0.0110 e. The highest BCUT2D eigenvalue weighted by Crippen LogP contribution is 2.12. The lowest BCUT2D eigenvalue weighted by Crippen LogP contribution is -1.98. The lowest BCUT2D eigenvalue weighted by Gasteiger charge is -2.02. The molecule has 0 aliphatic carbocycles. The molecule has 0 aromatic heterocycles. The van der Waals surface area contributed by atoms with E-state index in [1.807, 2.05) is 0 Å². The standard InChI is InChI=1S/C14H29N/c1-2-3-4-5-6-7-8-9-10-11-12-15-13-14-15/h2-14H2,1H3. The molecule has 0 aromatic carbocycles. The summed E-state index contributed by atoms with van der Waals surface area (Å²) < 4.78 is 0. The SMILES string of the molecule is CCCCCCCCCCCCN1CC1. The lowest BCUT2D eigenvalue weighted by atomic mass is 10.1. The molecule has 1 nitrogen and oxygen atoms in total. The number of hydrogen-bond acceptors (Lipinski definition) is 1. The lowest BCUT2D eigenvalue weighted by molar-refractivity contribution is 0.495. The molecule has 0 radical (unpaired) electrons. The van der Waals surface area contributed by atoms with Crippen LogP contribution in [0.3, 0.4) is 0 Å². The zero-order valence-electron chi connectivity index (χ0n) is 10.6. The highest BCUT2D eigenvalue weighted by molar-refractivity contribution is 4.71. The Kier molecular flexibility index (Phi) is 7.99. The van der Waals surface area contributed by atoms with Gasteiger partial charge in [-0.15, -0.1) is 0 Å². The van der Waals surface area contributed by atoms with Gasteiger partial charge in [0, 0.05) is 13.1 Å². The summed E-state index contributed by atoms with van der Waals surface area (Å²) in [5.41, 5.74) is 0. The van der Waals surface area contributed by atoms with Crippen LogP contribution < -0.4 is 0 Å². The molecule has 0 aromatic rings. The van der Waals surface area contributed by atoms with Crippen molar-refractivity contribution in [2.24, 2.45) is 0 Å². The average Bonchev–Trinajstić information content (AvgIpc) is 3.05. The first-order valence-electron chi connectivity index (χ1n) is 7.16. The monoisotopic (exact) mass is 211 g/mol. The molecule has 0 unspecified atom stereocenters. The van der Waals surface area contributed by atoms with E-state index in [-0.39, 0.29) is 0 Å². The number of unbranched alkanes of at least 4 members (excludes halogenated alkanes) is 9. The molecule has 0 saturated carbocycles. The second-order valence-electron chi connectivity index (χ2n) is 5.02. The minimum atomic E-state index is 1.37. The van der Waals surface area contributed by atoms with Gasteiger partial charge in [0.25, 0.3) is 0 Å². The Hall–Kier alpha value is -0.0400. The van der Waals surface area contributed by atoms with E-state index in [2.05, 4.69) is 11.8 Å². The summed E-state index contributed by atoms with van der Waals surface area (Å²) in [6.07, 6.45) is 14.6. The zero-order valence-corrected chi connectivity index (χ0v) is 10.6. The fourth-order valence-corrected chi connectivity index (χ4v) is 2.12. The van der Waals surface area contributed by atoms with Crippen LogP contribution in [-0.2, 0) is 0 Å². The average molecular weight is 211 g/mol. The van der Waals surface area contributed by atoms with Crippen LogP contribution in [0.1, 0.15) is 71.1 Å². The fraction of sp³-hybridized carbons (Fsp3) is 1.00. The van der Waals surface area contributed by atoms with Crippen LogP contribution in [0.15, 0.2) is 0 Å². The van der Waals surface area contributed by atoms with E-state index >= 15 is 0 Å². The summed E-state index contributed by atoms with van der Waals surface area (Å²) in [7, 11) is 0. The first kappa shape index (κ1) is 13.0. The zero-order chi connectivity index (χ0) is 10.8. The van der Waals surface area contributed by atoms with Gasteiger partial charge in [-0.1, -0.05) is 64.7 Å². The van der Waals surface area contributed by atoms with Gasteiger partial charge in [0.1, 0.15) is 0 Å². The molecule has 0 amide bonds. The van der Waals surface area contributed by atoms with Gasteiger partial charge in [0.05, 0.1) is 0 Å². The molecule has 0 spiro atoms. The Morgan fingerprint density at radius 2 is 1.13 bits per heavy atom. The fourth-order valence-electron chi connectivity index (χ4n) is 2.12. The third-order valence-corrected chi connectivity index (χ3v) is 3.37. The molecule has 1 aliphatic rings. The summed E-state index contributed by atoms with van der Waals surface area (Å²) in [6.45, 7) is 6.40. The van der Waals surface area contributed by atoms with Gasteiger partial charge < -0.3 is 4.90 Å². The van der Waals surface area contributed by atoms with Gasteiger partial charge >= 0.3 is 0 Å². The molecule has 1 aliphatic heterocycles. The first-order valence-corrected chi connectivity index (χ1v) is 7.16. The van der Waals surface area contributed by atoms with Crippen LogP contribution in [0.25, 0.3) is 0 Å². The first-order chi connectivity index (χ1) is 7.43. The number of nitrogens with zero attached hydrogens (tertiary/aromatic N) is 1. The maximum atomic E-state index is 2.53. The van der Waals surface area contributed by atoms with Gasteiger partial charge in [0.15, 0.2) is 0 Å². The largest absolute Gasteiger partial charge is 0.301 e. The minimum absolute atomic E-state index is 1.37. The van der Waals surface area contributed by atoms with E-state index in [4.69, 9.17) is 0 Å². The number of rotatable bonds is 11. The summed E-state index contributed by atoms with van der Waals surface area (Å²) in [5.74, 6) is 0. The Labute approximate surface area is 96.2 Å². The number of hydrogen-bond donors (Lipinski definition) is 0. The molecular formula is C14H29N. The predicted octanol–water partition coefficient (Wildman–Crippen LogP) is 4.22. The maximum Gasteiger partial charge on any atom is 0.0110 e. The van der Waals surface area contributed by atoms with E-state index in [1.54, 1.807) is 0 Å². The van der Waals surface area contributed by atoms with Crippen molar-refractivity contribution in [1.82, 2.24) is 4.90 Å². The minimum Gasteiger partial charge on any atom is -0.301 e. The van der Waals surface area contributed by atoms with Crippen LogP contribution >= 0.6 is 0 Å². The van der Waals surface area contributed by atoms with Gasteiger partial charge in [-0.2, -0.15) is 0 Å². The highest BCUT2D eigenvalue weighted by atomic mass is 15.2. The molecule has 1 saturated heterocycles. The van der Waals surface area contributed by atoms with Crippen LogP contribution in [0.2, 0.25) is 0 Å². The summed E-state index contributed by atoms with van der Waals surface area (Å²) in [5, 5.41) is 0. The molecule has 1 heteroatoms. The van der Waals surface area contributed by atoms with Crippen molar-refractivity contribution in [3.05, 3.63) is 0 Å². The van der Waals surface area contributed by atoms with Crippen molar-refractivity contribution in [3.63, 3.8) is 0 Å². The van der Waals surface area contributed by atoms with E-state index < -0.39 is 0 Å². The molecule has 1 rings (SSSR count). The van der Waals surface area contributed by atoms with Crippen molar-refractivity contribution < 1.29 is 0 Å². The van der Waals surface area contributed by atoms with E-state index in [9.17, 15) is 0 Å². The normalized spacial score (nSPS) is 15.8. The third-order valence-electron chi connectivity index (χ3n) is 3.37. The molecular weight excluding hydrogens is 182 g/mol. The quantitative estimate of drug-likeness (QED) is 0.365. The van der Waals surface area contributed by atoms with Crippen LogP contribution in [-0.4, -0.2) is 24.5 Å². The van der Waals surface area contributed by atoms with Crippen LogP contribution in [0.5, 0.6) is 0 Å². The van der Waals surface area contributed by atoms with Crippen molar-refractivity contribution in [2.45, 2.75) is 71.1 Å². The Morgan fingerprint density at radius 3 is 1.60 bits per heavy atom. The second-order valence-corrected chi connectivity index (χ2v) is 5.02. The van der Waals surface area contributed by atoms with Crippen LogP contribution in [0, 0.1) is 0 Å². The summed E-state index contributed by atoms with van der Waals surface area (Å²) in [6, 6.07) is 0. The molecule has 90 valence electrons. The molecule has 0 bridgehead atoms. The summed E-state index contributed by atoms with van der Waals surface area (Å²) >= 11 is 0. The van der Waals surface area contributed by atoms with Crippen molar-refractivity contribution >= 4 is 0 Å². The predicted molar refractivity (Wildman–Crippen MR) is 68.3 cm³/mol. The highest BCUT2D eigenvalue weighted by Gasteiger charge is 2.14. The second kappa shape index (κ2) is 9.21. The molecule has 0 atom stereocenters. The Bertz CT molecular complexity index is 129. The molecule has 15 heavy (non-hydrogen) atoms.